The van der Waals surface area contributed by atoms with Crippen molar-refractivity contribution in [3.05, 3.63) is 59.7 Å². The number of carbonyl (C=O) groups excluding carboxylic acids is 2. The van der Waals surface area contributed by atoms with E-state index in [1.54, 1.807) is 43.5 Å². The maximum Gasteiger partial charge on any atom is 0.308 e. The number of esters is 1. The van der Waals surface area contributed by atoms with Crippen molar-refractivity contribution in [2.45, 2.75) is 20.1 Å². The van der Waals surface area contributed by atoms with Crippen LogP contribution in [0.4, 0.5) is 0 Å². The molecule has 1 atom stereocenters. The predicted octanol–water partition coefficient (Wildman–Crippen LogP) is 2.86. The van der Waals surface area contributed by atoms with Gasteiger partial charge in [0.2, 0.25) is 18.0 Å². The van der Waals surface area contributed by atoms with Crippen molar-refractivity contribution in [3.8, 4) is 11.5 Å². The van der Waals surface area contributed by atoms with Crippen LogP contribution in [0.15, 0.2) is 53.6 Å². The Hall–Kier alpha value is -3.35. The zero-order chi connectivity index (χ0) is 18.7. The van der Waals surface area contributed by atoms with Crippen LogP contribution in [0.5, 0.6) is 11.5 Å². The summed E-state index contributed by atoms with van der Waals surface area (Å²) in [6, 6.07) is 13.9. The summed E-state index contributed by atoms with van der Waals surface area (Å²) in [7, 11) is 1.59. The van der Waals surface area contributed by atoms with Crippen molar-refractivity contribution in [3.63, 3.8) is 0 Å². The minimum atomic E-state index is -0.684. The van der Waals surface area contributed by atoms with Gasteiger partial charge >= 0.3 is 5.97 Å². The number of hydrazone groups is 1. The molecule has 3 rings (SSSR count). The Bertz CT molecular complexity index is 843. The number of benzene rings is 2. The van der Waals surface area contributed by atoms with Crippen LogP contribution < -0.4 is 9.47 Å². The first kappa shape index (κ1) is 17.5. The van der Waals surface area contributed by atoms with Gasteiger partial charge in [-0.15, -0.1) is 5.10 Å². The molecule has 1 heterocycles. The molecule has 0 saturated heterocycles. The summed E-state index contributed by atoms with van der Waals surface area (Å²) < 4.78 is 16.1. The molecule has 0 radical (unpaired) electrons. The molecule has 1 amide bonds. The molecule has 2 aromatic carbocycles. The molecule has 1 aliphatic heterocycles. The number of ether oxygens (including phenoxy) is 3. The molecule has 0 spiro atoms. The van der Waals surface area contributed by atoms with Gasteiger partial charge in [0.15, 0.2) is 0 Å². The van der Waals surface area contributed by atoms with Gasteiger partial charge in [-0.2, -0.15) is 5.01 Å². The third kappa shape index (κ3) is 3.66. The standard InChI is InChI=1S/C19H18N2O5/c1-12(22)21-19(15-6-10-17(11-7-15)25-13(2)23)26-18(20-21)14-4-8-16(24-3)9-5-14/h4-11,19H,1-3H3. The number of nitrogens with zero attached hydrogens (tertiary/aromatic N) is 2. The quantitative estimate of drug-likeness (QED) is 0.623. The Kier molecular flexibility index (Phi) is 4.88. The Morgan fingerprint density at radius 2 is 1.62 bits per heavy atom. The lowest BCUT2D eigenvalue weighted by molar-refractivity contribution is -0.135. The molecular formula is C19H18N2O5. The van der Waals surface area contributed by atoms with E-state index in [9.17, 15) is 9.59 Å². The van der Waals surface area contributed by atoms with Crippen molar-refractivity contribution in [1.82, 2.24) is 5.01 Å². The molecule has 2 aromatic rings. The number of hydrogen-bond donors (Lipinski definition) is 0. The topological polar surface area (TPSA) is 77.4 Å². The maximum absolute atomic E-state index is 12.0. The largest absolute Gasteiger partial charge is 0.497 e. The minimum absolute atomic E-state index is 0.248. The van der Waals surface area contributed by atoms with Crippen LogP contribution in [0.2, 0.25) is 0 Å². The summed E-state index contributed by atoms with van der Waals surface area (Å²) in [6.45, 7) is 2.75. The third-order valence-corrected chi connectivity index (χ3v) is 3.73. The van der Waals surface area contributed by atoms with Gasteiger partial charge in [-0.3, -0.25) is 9.59 Å². The van der Waals surface area contributed by atoms with Crippen LogP contribution in [0.3, 0.4) is 0 Å². The lowest BCUT2D eigenvalue weighted by Gasteiger charge is -2.19. The number of amides is 1. The van der Waals surface area contributed by atoms with E-state index < -0.39 is 12.2 Å². The first-order valence-electron chi connectivity index (χ1n) is 7.96. The zero-order valence-electron chi connectivity index (χ0n) is 14.6. The van der Waals surface area contributed by atoms with Gasteiger partial charge in [0, 0.05) is 25.0 Å². The van der Waals surface area contributed by atoms with E-state index >= 15 is 0 Å². The molecule has 134 valence electrons. The summed E-state index contributed by atoms with van der Waals surface area (Å²) >= 11 is 0. The molecule has 0 saturated carbocycles. The molecule has 26 heavy (non-hydrogen) atoms. The number of methoxy groups -OCH3 is 1. The minimum Gasteiger partial charge on any atom is -0.497 e. The molecule has 0 aromatic heterocycles. The van der Waals surface area contributed by atoms with Crippen molar-refractivity contribution >= 4 is 17.8 Å². The van der Waals surface area contributed by atoms with Gasteiger partial charge in [-0.1, -0.05) is 0 Å². The van der Waals surface area contributed by atoms with Crippen LogP contribution in [-0.4, -0.2) is 29.9 Å². The highest BCUT2D eigenvalue weighted by Crippen LogP contribution is 2.31. The fourth-order valence-corrected chi connectivity index (χ4v) is 2.50. The summed E-state index contributed by atoms with van der Waals surface area (Å²) in [5.74, 6) is 0.836. The summed E-state index contributed by atoms with van der Waals surface area (Å²) in [5.41, 5.74) is 1.44. The van der Waals surface area contributed by atoms with Crippen molar-refractivity contribution in [2.24, 2.45) is 5.10 Å². The Morgan fingerprint density at radius 1 is 1.00 bits per heavy atom. The lowest BCUT2D eigenvalue weighted by Crippen LogP contribution is -2.25. The summed E-state index contributed by atoms with van der Waals surface area (Å²) in [5, 5.41) is 5.57. The third-order valence-electron chi connectivity index (χ3n) is 3.73. The zero-order valence-corrected chi connectivity index (χ0v) is 14.6. The first-order chi connectivity index (χ1) is 12.5. The van der Waals surface area contributed by atoms with Crippen LogP contribution in [-0.2, 0) is 14.3 Å². The normalized spacial score (nSPS) is 15.9. The second kappa shape index (κ2) is 7.26. The van der Waals surface area contributed by atoms with E-state index in [0.717, 1.165) is 5.56 Å². The molecule has 0 N–H and O–H groups in total. The van der Waals surface area contributed by atoms with E-state index in [1.807, 2.05) is 12.1 Å². The molecule has 0 fully saturated rings. The van der Waals surface area contributed by atoms with Crippen molar-refractivity contribution in [2.75, 3.05) is 7.11 Å². The van der Waals surface area contributed by atoms with Gasteiger partial charge < -0.3 is 14.2 Å². The second-order valence-electron chi connectivity index (χ2n) is 5.63. The smallest absolute Gasteiger partial charge is 0.308 e. The molecule has 1 aliphatic rings. The highest BCUT2D eigenvalue weighted by Gasteiger charge is 2.33. The van der Waals surface area contributed by atoms with Gasteiger partial charge in [0.05, 0.1) is 7.11 Å². The highest BCUT2D eigenvalue weighted by atomic mass is 16.5. The van der Waals surface area contributed by atoms with E-state index in [4.69, 9.17) is 14.2 Å². The SMILES string of the molecule is COc1ccc(C2=NN(C(C)=O)C(c3ccc(OC(C)=O)cc3)O2)cc1. The lowest BCUT2D eigenvalue weighted by atomic mass is 10.2. The average Bonchev–Trinajstić information content (AvgIpc) is 3.07. The van der Waals surface area contributed by atoms with Gasteiger partial charge in [0.1, 0.15) is 11.5 Å². The van der Waals surface area contributed by atoms with Crippen LogP contribution in [0.25, 0.3) is 0 Å². The van der Waals surface area contributed by atoms with Gasteiger partial charge in [-0.05, 0) is 48.5 Å². The first-order valence-corrected chi connectivity index (χ1v) is 7.96. The second-order valence-corrected chi connectivity index (χ2v) is 5.63. The predicted molar refractivity (Wildman–Crippen MR) is 93.6 cm³/mol. The van der Waals surface area contributed by atoms with E-state index in [-0.39, 0.29) is 5.91 Å². The average molecular weight is 354 g/mol. The summed E-state index contributed by atoms with van der Waals surface area (Å²) in [6.07, 6.45) is -0.684. The van der Waals surface area contributed by atoms with Crippen LogP contribution in [0, 0.1) is 0 Å². The molecule has 0 bridgehead atoms. The molecule has 0 aliphatic carbocycles. The maximum atomic E-state index is 12.0. The number of rotatable bonds is 4. The van der Waals surface area contributed by atoms with Crippen molar-refractivity contribution in [1.29, 1.82) is 0 Å². The summed E-state index contributed by atoms with van der Waals surface area (Å²) in [4.78, 5) is 23.0. The number of hydrogen-bond acceptors (Lipinski definition) is 6. The van der Waals surface area contributed by atoms with E-state index in [1.165, 1.54) is 18.9 Å². The molecule has 7 heteroatoms. The fraction of sp³-hybridized carbons (Fsp3) is 0.211. The van der Waals surface area contributed by atoms with Crippen LogP contribution >= 0.6 is 0 Å². The van der Waals surface area contributed by atoms with E-state index in [2.05, 4.69) is 5.10 Å². The Balaban J connectivity index is 1.84. The Labute approximate surface area is 150 Å². The van der Waals surface area contributed by atoms with Crippen LogP contribution in [0.1, 0.15) is 31.2 Å². The highest BCUT2D eigenvalue weighted by molar-refractivity contribution is 5.96. The molecule has 7 nitrogen and oxygen atoms in total. The van der Waals surface area contributed by atoms with Crippen molar-refractivity contribution < 1.29 is 23.8 Å². The van der Waals surface area contributed by atoms with E-state index in [0.29, 0.717) is 23.0 Å². The monoisotopic (exact) mass is 354 g/mol. The van der Waals surface area contributed by atoms with Gasteiger partial charge in [0.25, 0.3) is 0 Å². The Morgan fingerprint density at radius 3 is 2.15 bits per heavy atom. The molecular weight excluding hydrogens is 336 g/mol. The fourth-order valence-electron chi connectivity index (χ4n) is 2.50. The number of carbonyl (C=O) groups is 2. The van der Waals surface area contributed by atoms with Gasteiger partial charge in [-0.25, -0.2) is 0 Å². The molecule has 1 unspecified atom stereocenters.